The maximum atomic E-state index is 14.1. The molecule has 1 heterocycles. The smallest absolute Gasteiger partial charge is 0.136 e. The Morgan fingerprint density at radius 2 is 2.25 bits per heavy atom. The molecule has 0 bridgehead atoms. The topological polar surface area (TPSA) is 55.5 Å². The molecule has 16 heavy (non-hydrogen) atoms. The Kier molecular flexibility index (Phi) is 2.64. The van der Waals surface area contributed by atoms with Crippen LogP contribution in [0.5, 0.6) is 5.75 Å². The van der Waals surface area contributed by atoms with E-state index >= 15 is 0 Å². The van der Waals surface area contributed by atoms with Crippen LogP contribution in [0.4, 0.5) is 4.39 Å². The van der Waals surface area contributed by atoms with Gasteiger partial charge in [-0.25, -0.2) is 4.39 Å². The van der Waals surface area contributed by atoms with E-state index in [4.69, 9.17) is 10.5 Å². The maximum absolute atomic E-state index is 14.1. The zero-order valence-electron chi connectivity index (χ0n) is 9.46. The van der Waals surface area contributed by atoms with Crippen LogP contribution in [-0.4, -0.2) is 17.3 Å². The fraction of sp³-hybridized carbons (Fsp3) is 0.500. The lowest BCUT2D eigenvalue weighted by molar-refractivity contribution is 0.138. The van der Waals surface area contributed by atoms with Crippen molar-refractivity contribution in [2.75, 3.05) is 6.54 Å². The molecule has 0 amide bonds. The van der Waals surface area contributed by atoms with E-state index in [0.29, 0.717) is 17.7 Å². The van der Waals surface area contributed by atoms with E-state index in [2.05, 4.69) is 0 Å². The SMILES string of the molecule is CC1(C)Cc2c(ccc(C(O)CN)c2F)O1. The monoisotopic (exact) mass is 225 g/mol. The molecule has 4 heteroatoms. The molecule has 0 saturated heterocycles. The van der Waals surface area contributed by atoms with E-state index in [1.54, 1.807) is 6.07 Å². The van der Waals surface area contributed by atoms with Crippen LogP contribution < -0.4 is 10.5 Å². The fourth-order valence-corrected chi connectivity index (χ4v) is 2.03. The van der Waals surface area contributed by atoms with Crippen molar-refractivity contribution in [3.8, 4) is 5.75 Å². The van der Waals surface area contributed by atoms with Crippen molar-refractivity contribution in [1.82, 2.24) is 0 Å². The lowest BCUT2D eigenvalue weighted by Gasteiger charge is -2.16. The van der Waals surface area contributed by atoms with Gasteiger partial charge in [0.2, 0.25) is 0 Å². The van der Waals surface area contributed by atoms with Gasteiger partial charge >= 0.3 is 0 Å². The third kappa shape index (κ3) is 1.79. The zero-order chi connectivity index (χ0) is 11.9. The van der Waals surface area contributed by atoms with Gasteiger partial charge in [0.25, 0.3) is 0 Å². The van der Waals surface area contributed by atoms with Gasteiger partial charge in [0.1, 0.15) is 17.2 Å². The first-order valence-electron chi connectivity index (χ1n) is 5.33. The zero-order valence-corrected chi connectivity index (χ0v) is 9.46. The summed E-state index contributed by atoms with van der Waals surface area (Å²) >= 11 is 0. The van der Waals surface area contributed by atoms with Gasteiger partial charge in [-0.3, -0.25) is 0 Å². The molecule has 1 atom stereocenters. The first-order valence-corrected chi connectivity index (χ1v) is 5.33. The van der Waals surface area contributed by atoms with Crippen LogP contribution in [0, 0.1) is 5.82 Å². The summed E-state index contributed by atoms with van der Waals surface area (Å²) < 4.78 is 19.6. The van der Waals surface area contributed by atoms with Gasteiger partial charge in [-0.2, -0.15) is 0 Å². The van der Waals surface area contributed by atoms with Crippen LogP contribution in [0.15, 0.2) is 12.1 Å². The largest absolute Gasteiger partial charge is 0.487 e. The Morgan fingerprint density at radius 3 is 2.88 bits per heavy atom. The van der Waals surface area contributed by atoms with Gasteiger partial charge in [0.15, 0.2) is 0 Å². The second kappa shape index (κ2) is 3.71. The molecule has 0 fully saturated rings. The lowest BCUT2D eigenvalue weighted by atomic mass is 9.98. The van der Waals surface area contributed by atoms with E-state index in [-0.39, 0.29) is 23.5 Å². The predicted molar refractivity (Wildman–Crippen MR) is 58.8 cm³/mol. The van der Waals surface area contributed by atoms with Crippen molar-refractivity contribution in [3.63, 3.8) is 0 Å². The molecule has 0 spiro atoms. The fourth-order valence-electron chi connectivity index (χ4n) is 2.03. The first-order chi connectivity index (χ1) is 7.44. The van der Waals surface area contributed by atoms with Crippen LogP contribution in [0.2, 0.25) is 0 Å². The summed E-state index contributed by atoms with van der Waals surface area (Å²) in [6.07, 6.45) is -0.437. The average molecular weight is 225 g/mol. The number of hydrogen-bond acceptors (Lipinski definition) is 3. The number of aliphatic hydroxyl groups excluding tert-OH is 1. The Hall–Kier alpha value is -1.13. The van der Waals surface area contributed by atoms with Gasteiger partial charge in [-0.05, 0) is 26.0 Å². The molecule has 1 unspecified atom stereocenters. The number of halogens is 1. The Labute approximate surface area is 94.0 Å². The summed E-state index contributed by atoms with van der Waals surface area (Å²) in [6.45, 7) is 3.83. The minimum atomic E-state index is -0.950. The molecule has 0 saturated carbocycles. The molecule has 1 aliphatic rings. The van der Waals surface area contributed by atoms with E-state index in [9.17, 15) is 9.50 Å². The van der Waals surface area contributed by atoms with Gasteiger partial charge in [-0.15, -0.1) is 0 Å². The molecule has 1 aliphatic heterocycles. The number of rotatable bonds is 2. The third-order valence-corrected chi connectivity index (χ3v) is 2.80. The highest BCUT2D eigenvalue weighted by atomic mass is 19.1. The molecule has 1 aromatic rings. The molecular weight excluding hydrogens is 209 g/mol. The van der Waals surface area contributed by atoms with Crippen molar-refractivity contribution >= 4 is 0 Å². The summed E-state index contributed by atoms with van der Waals surface area (Å²) in [5, 5.41) is 9.57. The molecular formula is C12H16FNO2. The number of hydrogen-bond donors (Lipinski definition) is 2. The van der Waals surface area contributed by atoms with Crippen LogP contribution in [0.25, 0.3) is 0 Å². The Bertz CT molecular complexity index is 418. The number of nitrogens with two attached hydrogens (primary N) is 1. The van der Waals surface area contributed by atoms with Crippen molar-refractivity contribution in [1.29, 1.82) is 0 Å². The second-order valence-corrected chi connectivity index (χ2v) is 4.74. The highest BCUT2D eigenvalue weighted by Gasteiger charge is 2.33. The molecule has 1 aromatic carbocycles. The summed E-state index contributed by atoms with van der Waals surface area (Å²) in [4.78, 5) is 0. The Morgan fingerprint density at radius 1 is 1.56 bits per heavy atom. The minimum absolute atomic E-state index is 0.0138. The number of fused-ring (bicyclic) bond motifs is 1. The van der Waals surface area contributed by atoms with E-state index in [1.807, 2.05) is 13.8 Å². The average Bonchev–Trinajstić information content (AvgIpc) is 2.53. The molecule has 2 rings (SSSR count). The van der Waals surface area contributed by atoms with Crippen LogP contribution >= 0.6 is 0 Å². The molecule has 0 aliphatic carbocycles. The molecule has 0 radical (unpaired) electrons. The first kappa shape index (κ1) is 11.4. The second-order valence-electron chi connectivity index (χ2n) is 4.74. The lowest BCUT2D eigenvalue weighted by Crippen LogP contribution is -2.24. The summed E-state index contributed by atoms with van der Waals surface area (Å²) in [5.74, 6) is 0.177. The van der Waals surface area contributed by atoms with Gasteiger partial charge in [0.05, 0.1) is 6.10 Å². The van der Waals surface area contributed by atoms with Crippen molar-refractivity contribution in [2.24, 2.45) is 5.73 Å². The van der Waals surface area contributed by atoms with Gasteiger partial charge < -0.3 is 15.6 Å². The predicted octanol–water partition coefficient (Wildman–Crippen LogP) is 1.53. The third-order valence-electron chi connectivity index (χ3n) is 2.80. The van der Waals surface area contributed by atoms with Crippen molar-refractivity contribution in [2.45, 2.75) is 32.0 Å². The number of aliphatic hydroxyl groups is 1. The van der Waals surface area contributed by atoms with Gasteiger partial charge in [-0.1, -0.05) is 0 Å². The standard InChI is InChI=1S/C12H16FNO2/c1-12(2)5-8-10(16-12)4-3-7(11(8)13)9(15)6-14/h3-4,9,15H,5-6,14H2,1-2H3. The highest BCUT2D eigenvalue weighted by molar-refractivity contribution is 5.43. The van der Waals surface area contributed by atoms with Crippen LogP contribution in [0.3, 0.4) is 0 Å². The Balaban J connectivity index is 2.44. The normalized spacial score (nSPS) is 19.1. The molecule has 88 valence electrons. The summed E-state index contributed by atoms with van der Waals surface area (Å²) in [7, 11) is 0. The van der Waals surface area contributed by atoms with E-state index < -0.39 is 6.10 Å². The quantitative estimate of drug-likeness (QED) is 0.802. The molecule has 3 nitrogen and oxygen atoms in total. The van der Waals surface area contributed by atoms with E-state index in [1.165, 1.54) is 6.07 Å². The van der Waals surface area contributed by atoms with Crippen LogP contribution in [0.1, 0.15) is 31.1 Å². The van der Waals surface area contributed by atoms with E-state index in [0.717, 1.165) is 0 Å². The maximum Gasteiger partial charge on any atom is 0.136 e. The number of benzene rings is 1. The summed E-state index contributed by atoms with van der Waals surface area (Å²) in [5.41, 5.74) is 5.73. The van der Waals surface area contributed by atoms with Crippen molar-refractivity contribution < 1.29 is 14.2 Å². The minimum Gasteiger partial charge on any atom is -0.487 e. The van der Waals surface area contributed by atoms with Crippen molar-refractivity contribution in [3.05, 3.63) is 29.1 Å². The molecule has 0 aromatic heterocycles. The number of ether oxygens (including phenoxy) is 1. The molecule has 3 N–H and O–H groups in total. The van der Waals surface area contributed by atoms with Gasteiger partial charge in [0, 0.05) is 24.1 Å². The highest BCUT2D eigenvalue weighted by Crippen LogP contribution is 2.38. The van der Waals surface area contributed by atoms with Crippen LogP contribution in [-0.2, 0) is 6.42 Å². The summed E-state index contributed by atoms with van der Waals surface area (Å²) in [6, 6.07) is 3.23.